The number of ether oxygens (including phenoxy) is 1. The highest BCUT2D eigenvalue weighted by Gasteiger charge is 2.27. The third-order valence-electron chi connectivity index (χ3n) is 3.51. The Morgan fingerprint density at radius 3 is 2.89 bits per heavy atom. The Bertz CT molecular complexity index is 407. The van der Waals surface area contributed by atoms with Gasteiger partial charge < -0.3 is 19.6 Å². The van der Waals surface area contributed by atoms with Crippen molar-refractivity contribution in [3.63, 3.8) is 0 Å². The number of hydrogen-bond donors (Lipinski definition) is 2. The molecule has 1 aromatic rings. The molecule has 0 aliphatic carbocycles. The maximum absolute atomic E-state index is 10.9. The van der Waals surface area contributed by atoms with Gasteiger partial charge in [0.2, 0.25) is 5.76 Å². The Morgan fingerprint density at radius 2 is 2.22 bits per heavy atom. The summed E-state index contributed by atoms with van der Waals surface area (Å²) in [4.78, 5) is 10.9. The average molecular weight is 253 g/mol. The molecular weight excluding hydrogens is 234 g/mol. The van der Waals surface area contributed by atoms with Crippen LogP contribution in [0.2, 0.25) is 0 Å². The fourth-order valence-electron chi connectivity index (χ4n) is 2.20. The van der Waals surface area contributed by atoms with Crippen LogP contribution in [0, 0.1) is 5.41 Å². The summed E-state index contributed by atoms with van der Waals surface area (Å²) >= 11 is 0. The van der Waals surface area contributed by atoms with E-state index in [1.54, 1.807) is 6.07 Å². The lowest BCUT2D eigenvalue weighted by atomic mass is 9.82. The van der Waals surface area contributed by atoms with Gasteiger partial charge in [0, 0.05) is 31.9 Å². The number of rotatable bonds is 5. The smallest absolute Gasteiger partial charge is 0.372 e. The maximum atomic E-state index is 10.9. The first-order valence-electron chi connectivity index (χ1n) is 6.19. The van der Waals surface area contributed by atoms with Crippen LogP contribution in [0.15, 0.2) is 16.7 Å². The summed E-state index contributed by atoms with van der Waals surface area (Å²) in [5.74, 6) is -0.992. The number of carboxylic acids is 1. The highest BCUT2D eigenvalue weighted by molar-refractivity contribution is 5.86. The van der Waals surface area contributed by atoms with Gasteiger partial charge >= 0.3 is 5.97 Å². The van der Waals surface area contributed by atoms with E-state index in [2.05, 4.69) is 12.2 Å². The summed E-state index contributed by atoms with van der Waals surface area (Å²) < 4.78 is 10.3. The van der Waals surface area contributed by atoms with E-state index >= 15 is 0 Å². The molecular formula is C13H19NO4. The third kappa shape index (κ3) is 3.11. The SMILES string of the molecule is CC1(CNCc2ccoc2C(=O)O)CCOCC1. The molecule has 1 aliphatic heterocycles. The zero-order chi connectivity index (χ0) is 13.0. The van der Waals surface area contributed by atoms with Gasteiger partial charge in [0.05, 0.1) is 6.26 Å². The molecule has 2 heterocycles. The van der Waals surface area contributed by atoms with Gasteiger partial charge in [0.25, 0.3) is 0 Å². The van der Waals surface area contributed by atoms with E-state index in [9.17, 15) is 4.79 Å². The van der Waals surface area contributed by atoms with Crippen LogP contribution in [-0.4, -0.2) is 30.8 Å². The summed E-state index contributed by atoms with van der Waals surface area (Å²) in [6.45, 7) is 5.24. The highest BCUT2D eigenvalue weighted by atomic mass is 16.5. The minimum Gasteiger partial charge on any atom is -0.475 e. The summed E-state index contributed by atoms with van der Waals surface area (Å²) in [5, 5.41) is 12.2. The van der Waals surface area contributed by atoms with Crippen LogP contribution in [0.5, 0.6) is 0 Å². The van der Waals surface area contributed by atoms with Gasteiger partial charge in [-0.05, 0) is 24.3 Å². The maximum Gasteiger partial charge on any atom is 0.372 e. The van der Waals surface area contributed by atoms with Crippen molar-refractivity contribution in [2.75, 3.05) is 19.8 Å². The lowest BCUT2D eigenvalue weighted by Crippen LogP contribution is -2.36. The summed E-state index contributed by atoms with van der Waals surface area (Å²) in [6, 6.07) is 1.70. The van der Waals surface area contributed by atoms with Gasteiger partial charge in [0.1, 0.15) is 0 Å². The number of aromatic carboxylic acids is 1. The molecule has 0 atom stereocenters. The summed E-state index contributed by atoms with van der Waals surface area (Å²) in [7, 11) is 0. The monoisotopic (exact) mass is 253 g/mol. The lowest BCUT2D eigenvalue weighted by Gasteiger charge is -2.33. The van der Waals surface area contributed by atoms with E-state index < -0.39 is 5.97 Å². The van der Waals surface area contributed by atoms with E-state index in [0.717, 1.165) is 32.6 Å². The van der Waals surface area contributed by atoms with Crippen molar-refractivity contribution in [2.24, 2.45) is 5.41 Å². The van der Waals surface area contributed by atoms with Crippen LogP contribution < -0.4 is 5.32 Å². The zero-order valence-corrected chi connectivity index (χ0v) is 10.6. The standard InChI is InChI=1S/C13H19NO4/c1-13(3-6-17-7-4-13)9-14-8-10-2-5-18-11(10)12(15)16/h2,5,14H,3-4,6-9H2,1H3,(H,15,16). The van der Waals surface area contributed by atoms with Crippen LogP contribution in [0.4, 0.5) is 0 Å². The van der Waals surface area contributed by atoms with Crippen molar-refractivity contribution >= 4 is 5.97 Å². The van der Waals surface area contributed by atoms with E-state index in [4.69, 9.17) is 14.3 Å². The first-order chi connectivity index (χ1) is 8.61. The van der Waals surface area contributed by atoms with E-state index in [-0.39, 0.29) is 11.2 Å². The fraction of sp³-hybridized carbons (Fsp3) is 0.615. The molecule has 2 rings (SSSR count). The van der Waals surface area contributed by atoms with Crippen molar-refractivity contribution in [1.82, 2.24) is 5.32 Å². The molecule has 0 saturated carbocycles. The van der Waals surface area contributed by atoms with Gasteiger partial charge in [-0.3, -0.25) is 0 Å². The second kappa shape index (κ2) is 5.54. The van der Waals surface area contributed by atoms with E-state index in [1.807, 2.05) is 0 Å². The molecule has 1 aliphatic rings. The predicted molar refractivity (Wildman–Crippen MR) is 65.5 cm³/mol. The second-order valence-corrected chi connectivity index (χ2v) is 5.11. The minimum atomic E-state index is -1.02. The molecule has 18 heavy (non-hydrogen) atoms. The number of carboxylic acid groups (broad SMARTS) is 1. The summed E-state index contributed by atoms with van der Waals surface area (Å²) in [6.07, 6.45) is 3.49. The summed E-state index contributed by atoms with van der Waals surface area (Å²) in [5.41, 5.74) is 0.934. The second-order valence-electron chi connectivity index (χ2n) is 5.11. The molecule has 1 aromatic heterocycles. The van der Waals surface area contributed by atoms with Crippen molar-refractivity contribution in [3.8, 4) is 0 Å². The van der Waals surface area contributed by atoms with Crippen molar-refractivity contribution in [1.29, 1.82) is 0 Å². The van der Waals surface area contributed by atoms with Crippen LogP contribution in [0.25, 0.3) is 0 Å². The predicted octanol–water partition coefficient (Wildman–Crippen LogP) is 1.88. The normalized spacial score (nSPS) is 18.7. The van der Waals surface area contributed by atoms with Gasteiger partial charge in [0.15, 0.2) is 0 Å². The van der Waals surface area contributed by atoms with Crippen molar-refractivity contribution < 1.29 is 19.1 Å². The quantitative estimate of drug-likeness (QED) is 0.838. The van der Waals surface area contributed by atoms with Gasteiger partial charge in [-0.1, -0.05) is 6.92 Å². The first kappa shape index (κ1) is 13.1. The van der Waals surface area contributed by atoms with Crippen molar-refractivity contribution in [3.05, 3.63) is 23.7 Å². The molecule has 2 N–H and O–H groups in total. The molecule has 5 heteroatoms. The van der Waals surface area contributed by atoms with Crippen molar-refractivity contribution in [2.45, 2.75) is 26.3 Å². The molecule has 0 spiro atoms. The van der Waals surface area contributed by atoms with Gasteiger partial charge in [-0.2, -0.15) is 0 Å². The molecule has 0 bridgehead atoms. The number of carbonyl (C=O) groups is 1. The number of furan rings is 1. The minimum absolute atomic E-state index is 0.0274. The Labute approximate surface area is 106 Å². The molecule has 100 valence electrons. The largest absolute Gasteiger partial charge is 0.475 e. The topological polar surface area (TPSA) is 71.7 Å². The highest BCUT2D eigenvalue weighted by Crippen LogP contribution is 2.28. The molecule has 0 unspecified atom stereocenters. The Kier molecular flexibility index (Phi) is 4.04. The van der Waals surface area contributed by atoms with Gasteiger partial charge in [-0.15, -0.1) is 0 Å². The van der Waals surface area contributed by atoms with E-state index in [1.165, 1.54) is 6.26 Å². The molecule has 0 radical (unpaired) electrons. The molecule has 0 amide bonds. The average Bonchev–Trinajstić information content (AvgIpc) is 2.78. The molecule has 1 saturated heterocycles. The lowest BCUT2D eigenvalue weighted by molar-refractivity contribution is 0.0240. The van der Waals surface area contributed by atoms with Crippen LogP contribution in [0.3, 0.4) is 0 Å². The first-order valence-corrected chi connectivity index (χ1v) is 6.19. The van der Waals surface area contributed by atoms with Crippen LogP contribution in [0.1, 0.15) is 35.9 Å². The molecule has 0 aromatic carbocycles. The van der Waals surface area contributed by atoms with Gasteiger partial charge in [-0.25, -0.2) is 4.79 Å². The fourth-order valence-corrected chi connectivity index (χ4v) is 2.20. The molecule has 5 nitrogen and oxygen atoms in total. The number of nitrogens with one attached hydrogen (secondary N) is 1. The third-order valence-corrected chi connectivity index (χ3v) is 3.51. The Morgan fingerprint density at radius 1 is 1.50 bits per heavy atom. The van der Waals surface area contributed by atoms with Crippen LogP contribution >= 0.6 is 0 Å². The zero-order valence-electron chi connectivity index (χ0n) is 10.6. The number of hydrogen-bond acceptors (Lipinski definition) is 4. The Balaban J connectivity index is 1.84. The Hall–Kier alpha value is -1.33. The van der Waals surface area contributed by atoms with E-state index in [0.29, 0.717) is 12.1 Å². The molecule has 1 fully saturated rings. The van der Waals surface area contributed by atoms with Crippen LogP contribution in [-0.2, 0) is 11.3 Å².